The average molecular weight is 289 g/mol. The van der Waals surface area contributed by atoms with Gasteiger partial charge < -0.3 is 0 Å². The SMILES string of the molecule is Cc1cccc(C)c1-[n+]1c[nH]c2c1CCCc1ccccc1-2. The van der Waals surface area contributed by atoms with Gasteiger partial charge in [0.25, 0.3) is 0 Å². The molecule has 1 heterocycles. The maximum Gasteiger partial charge on any atom is 0.247 e. The van der Waals surface area contributed by atoms with Crippen LogP contribution in [0.2, 0.25) is 0 Å². The number of nitrogens with zero attached hydrogens (tertiary/aromatic N) is 1. The van der Waals surface area contributed by atoms with Crippen LogP contribution in [0, 0.1) is 13.8 Å². The Hall–Kier alpha value is -2.35. The number of hydrogen-bond donors (Lipinski definition) is 1. The second kappa shape index (κ2) is 5.13. The van der Waals surface area contributed by atoms with E-state index in [1.165, 1.54) is 45.7 Å². The molecule has 2 aromatic carbocycles. The molecule has 2 nitrogen and oxygen atoms in total. The van der Waals surface area contributed by atoms with Crippen LogP contribution < -0.4 is 4.57 Å². The Kier molecular flexibility index (Phi) is 3.11. The van der Waals surface area contributed by atoms with E-state index in [1.54, 1.807) is 0 Å². The van der Waals surface area contributed by atoms with Crippen molar-refractivity contribution in [3.8, 4) is 16.9 Å². The number of imidazole rings is 1. The van der Waals surface area contributed by atoms with Gasteiger partial charge in [-0.3, -0.25) is 0 Å². The van der Waals surface area contributed by atoms with Gasteiger partial charge in [-0.15, -0.1) is 0 Å². The minimum atomic E-state index is 1.11. The molecule has 0 aliphatic heterocycles. The predicted octanol–water partition coefficient (Wildman–Crippen LogP) is 4.06. The highest BCUT2D eigenvalue weighted by molar-refractivity contribution is 5.66. The number of fused-ring (bicyclic) bond motifs is 3. The van der Waals surface area contributed by atoms with Crippen LogP contribution in [0.1, 0.15) is 28.8 Å². The Morgan fingerprint density at radius 2 is 1.68 bits per heavy atom. The van der Waals surface area contributed by atoms with E-state index in [2.05, 4.69) is 72.2 Å². The van der Waals surface area contributed by atoms with E-state index in [0.29, 0.717) is 0 Å². The molecule has 0 radical (unpaired) electrons. The quantitative estimate of drug-likeness (QED) is 0.652. The van der Waals surface area contributed by atoms with Gasteiger partial charge in [0.05, 0.1) is 0 Å². The minimum Gasteiger partial charge on any atom is -0.243 e. The monoisotopic (exact) mass is 289 g/mol. The number of aryl methyl sites for hydroxylation is 3. The van der Waals surface area contributed by atoms with Gasteiger partial charge in [-0.25, -0.2) is 4.98 Å². The molecule has 2 heteroatoms. The molecule has 1 aliphatic rings. The number of aromatic amines is 1. The summed E-state index contributed by atoms with van der Waals surface area (Å²) < 4.78 is 2.36. The summed E-state index contributed by atoms with van der Waals surface area (Å²) in [6, 6.07) is 15.3. The van der Waals surface area contributed by atoms with E-state index in [4.69, 9.17) is 0 Å². The molecule has 4 rings (SSSR count). The lowest BCUT2D eigenvalue weighted by Gasteiger charge is -2.08. The lowest BCUT2D eigenvalue weighted by atomic mass is 10.0. The summed E-state index contributed by atoms with van der Waals surface area (Å²) in [5.41, 5.74) is 9.47. The Balaban J connectivity index is 1.96. The molecule has 1 aliphatic carbocycles. The van der Waals surface area contributed by atoms with Crippen LogP contribution in [0.25, 0.3) is 16.9 Å². The third-order valence-electron chi connectivity index (χ3n) is 4.74. The smallest absolute Gasteiger partial charge is 0.243 e. The maximum absolute atomic E-state index is 3.54. The standard InChI is InChI=1S/C20H20N2/c1-14-7-5-8-15(2)20(14)22-13-21-19-17-11-4-3-9-16(17)10-6-12-18(19)22/h3-5,7-9,11,13H,6,10,12H2,1-2H3/p+1. The number of nitrogens with one attached hydrogen (secondary N) is 1. The highest BCUT2D eigenvalue weighted by atomic mass is 15.1. The highest BCUT2D eigenvalue weighted by Crippen LogP contribution is 2.30. The van der Waals surface area contributed by atoms with Crippen molar-refractivity contribution >= 4 is 0 Å². The molecule has 1 aromatic heterocycles. The molecule has 110 valence electrons. The lowest BCUT2D eigenvalue weighted by Crippen LogP contribution is -2.34. The van der Waals surface area contributed by atoms with Gasteiger partial charge in [0.15, 0.2) is 11.4 Å². The number of rotatable bonds is 1. The highest BCUT2D eigenvalue weighted by Gasteiger charge is 2.26. The van der Waals surface area contributed by atoms with Crippen LogP contribution in [-0.4, -0.2) is 4.98 Å². The van der Waals surface area contributed by atoms with Crippen molar-refractivity contribution in [1.29, 1.82) is 0 Å². The molecular formula is C20H21N2+. The Morgan fingerprint density at radius 3 is 2.50 bits per heavy atom. The number of hydrogen-bond acceptors (Lipinski definition) is 0. The molecule has 0 unspecified atom stereocenters. The number of para-hydroxylation sites is 1. The predicted molar refractivity (Wildman–Crippen MR) is 89.3 cm³/mol. The normalized spacial score (nSPS) is 13.4. The van der Waals surface area contributed by atoms with Gasteiger partial charge in [-0.1, -0.05) is 42.5 Å². The summed E-state index contributed by atoms with van der Waals surface area (Å²) in [6.07, 6.45) is 5.60. The molecule has 0 amide bonds. The summed E-state index contributed by atoms with van der Waals surface area (Å²) in [7, 11) is 0. The zero-order valence-corrected chi connectivity index (χ0v) is 13.2. The van der Waals surface area contributed by atoms with Crippen LogP contribution >= 0.6 is 0 Å². The summed E-state index contributed by atoms with van der Waals surface area (Å²) in [5, 5.41) is 0. The second-order valence-corrected chi connectivity index (χ2v) is 6.22. The van der Waals surface area contributed by atoms with Crippen molar-refractivity contribution in [2.75, 3.05) is 0 Å². The first kappa shape index (κ1) is 13.3. The molecule has 0 saturated heterocycles. The van der Waals surface area contributed by atoms with E-state index >= 15 is 0 Å². The van der Waals surface area contributed by atoms with Gasteiger partial charge in [0.1, 0.15) is 5.69 Å². The van der Waals surface area contributed by atoms with Gasteiger partial charge in [-0.2, -0.15) is 4.57 Å². The van der Waals surface area contributed by atoms with E-state index < -0.39 is 0 Å². The lowest BCUT2D eigenvalue weighted by molar-refractivity contribution is -0.603. The second-order valence-electron chi connectivity index (χ2n) is 6.22. The number of benzene rings is 2. The summed E-state index contributed by atoms with van der Waals surface area (Å²) >= 11 is 0. The van der Waals surface area contributed by atoms with Crippen molar-refractivity contribution in [2.24, 2.45) is 0 Å². The van der Waals surface area contributed by atoms with Crippen LogP contribution in [0.5, 0.6) is 0 Å². The largest absolute Gasteiger partial charge is 0.247 e. The van der Waals surface area contributed by atoms with Gasteiger partial charge in [0, 0.05) is 12.0 Å². The van der Waals surface area contributed by atoms with Crippen LogP contribution in [0.15, 0.2) is 48.8 Å². The zero-order chi connectivity index (χ0) is 15.1. The molecule has 0 atom stereocenters. The van der Waals surface area contributed by atoms with Crippen molar-refractivity contribution in [1.82, 2.24) is 4.98 Å². The minimum absolute atomic E-state index is 1.11. The molecular weight excluding hydrogens is 268 g/mol. The van der Waals surface area contributed by atoms with E-state index in [0.717, 1.165) is 12.8 Å². The summed E-state index contributed by atoms with van der Waals surface area (Å²) in [4.78, 5) is 3.54. The van der Waals surface area contributed by atoms with Gasteiger partial charge in [-0.05, 0) is 43.4 Å². The number of aromatic nitrogens is 2. The molecule has 22 heavy (non-hydrogen) atoms. The first-order valence-corrected chi connectivity index (χ1v) is 8.02. The van der Waals surface area contributed by atoms with Crippen LogP contribution in [-0.2, 0) is 12.8 Å². The molecule has 0 spiro atoms. The molecule has 3 aromatic rings. The fraction of sp³-hybridized carbons (Fsp3) is 0.250. The molecule has 0 saturated carbocycles. The summed E-state index contributed by atoms with van der Waals surface area (Å²) in [6.45, 7) is 4.39. The van der Waals surface area contributed by atoms with Crippen molar-refractivity contribution < 1.29 is 4.57 Å². The van der Waals surface area contributed by atoms with Gasteiger partial charge in [0.2, 0.25) is 6.33 Å². The number of H-pyrrole nitrogens is 1. The van der Waals surface area contributed by atoms with E-state index in [-0.39, 0.29) is 0 Å². The van der Waals surface area contributed by atoms with Crippen molar-refractivity contribution in [3.63, 3.8) is 0 Å². The molecule has 0 bridgehead atoms. The first-order valence-electron chi connectivity index (χ1n) is 8.02. The molecule has 1 N–H and O–H groups in total. The Morgan fingerprint density at radius 1 is 0.909 bits per heavy atom. The van der Waals surface area contributed by atoms with E-state index in [9.17, 15) is 0 Å². The maximum atomic E-state index is 3.54. The fourth-order valence-corrected chi connectivity index (χ4v) is 3.70. The third-order valence-corrected chi connectivity index (χ3v) is 4.74. The Bertz CT molecular complexity index is 822. The zero-order valence-electron chi connectivity index (χ0n) is 13.2. The fourth-order valence-electron chi connectivity index (χ4n) is 3.70. The van der Waals surface area contributed by atoms with Gasteiger partial charge >= 0.3 is 0 Å². The van der Waals surface area contributed by atoms with Crippen LogP contribution in [0.3, 0.4) is 0 Å². The third kappa shape index (κ3) is 1.98. The van der Waals surface area contributed by atoms with Crippen LogP contribution in [0.4, 0.5) is 0 Å². The Labute approximate surface area is 131 Å². The molecule has 0 fully saturated rings. The first-order chi connectivity index (χ1) is 10.8. The van der Waals surface area contributed by atoms with Crippen molar-refractivity contribution in [3.05, 3.63) is 71.2 Å². The average Bonchev–Trinajstić information content (AvgIpc) is 2.82. The van der Waals surface area contributed by atoms with E-state index in [1.807, 2.05) is 0 Å². The summed E-state index contributed by atoms with van der Waals surface area (Å²) in [5.74, 6) is 0. The topological polar surface area (TPSA) is 19.7 Å². The van der Waals surface area contributed by atoms with Crippen molar-refractivity contribution in [2.45, 2.75) is 33.1 Å².